The fraction of sp³-hybridized carbons (Fsp3) is 0.0526. The Hall–Kier alpha value is -1.53. The predicted octanol–water partition coefficient (Wildman–Crippen LogP) is 5.49. The first-order valence-electron chi connectivity index (χ1n) is 7.31. The van der Waals surface area contributed by atoms with Gasteiger partial charge in [0.1, 0.15) is 7.14 Å². The van der Waals surface area contributed by atoms with Crippen LogP contribution < -0.4 is 10.6 Å². The summed E-state index contributed by atoms with van der Waals surface area (Å²) in [6.45, 7) is 0. The topological polar surface area (TPSA) is 17.1 Å². The molecule has 0 saturated heterocycles. The van der Waals surface area contributed by atoms with Crippen LogP contribution in [0, 0.1) is 0 Å². The standard InChI is InChI=1S/C19H13Cl2OP/c20-14-5-8-16(9-6-14)23(22)12-13-3-1-2-4-17(13)18-11-15(21)7-10-19(18)23/h1-11H,12H2. The maximum absolute atomic E-state index is 14.0. The molecule has 0 fully saturated rings. The summed E-state index contributed by atoms with van der Waals surface area (Å²) in [6, 6.07) is 21.1. The van der Waals surface area contributed by atoms with E-state index in [0.717, 1.165) is 27.3 Å². The number of rotatable bonds is 1. The van der Waals surface area contributed by atoms with Gasteiger partial charge in [0.15, 0.2) is 0 Å². The van der Waals surface area contributed by atoms with E-state index in [0.29, 0.717) is 16.2 Å². The quantitative estimate of drug-likeness (QED) is 0.525. The number of benzene rings is 3. The Morgan fingerprint density at radius 3 is 2.26 bits per heavy atom. The summed E-state index contributed by atoms with van der Waals surface area (Å²) < 4.78 is 14.0. The fourth-order valence-electron chi connectivity index (χ4n) is 3.20. The minimum Gasteiger partial charge on any atom is -0.313 e. The average molecular weight is 359 g/mol. The summed E-state index contributed by atoms with van der Waals surface area (Å²) >= 11 is 12.2. The zero-order valence-corrected chi connectivity index (χ0v) is 14.6. The van der Waals surface area contributed by atoms with E-state index in [-0.39, 0.29) is 0 Å². The van der Waals surface area contributed by atoms with Crippen molar-refractivity contribution in [2.24, 2.45) is 0 Å². The molecule has 4 rings (SSSR count). The molecule has 0 N–H and O–H groups in total. The van der Waals surface area contributed by atoms with Crippen molar-refractivity contribution in [1.82, 2.24) is 0 Å². The Kier molecular flexibility index (Phi) is 3.61. The SMILES string of the molecule is O=P1(c2ccc(Cl)cc2)Cc2ccccc2-c2cc(Cl)ccc21. The van der Waals surface area contributed by atoms with Crippen molar-refractivity contribution in [1.29, 1.82) is 0 Å². The molecule has 3 aromatic rings. The van der Waals surface area contributed by atoms with Gasteiger partial charge in [0.2, 0.25) is 0 Å². The van der Waals surface area contributed by atoms with E-state index in [2.05, 4.69) is 6.07 Å². The highest BCUT2D eigenvalue weighted by atomic mass is 35.5. The second-order valence-electron chi connectivity index (χ2n) is 5.69. The molecule has 0 bridgehead atoms. The lowest BCUT2D eigenvalue weighted by Gasteiger charge is -2.28. The minimum atomic E-state index is -2.75. The highest BCUT2D eigenvalue weighted by Crippen LogP contribution is 2.54. The van der Waals surface area contributed by atoms with Crippen LogP contribution in [0.2, 0.25) is 10.0 Å². The summed E-state index contributed by atoms with van der Waals surface area (Å²) in [7, 11) is -2.75. The van der Waals surface area contributed by atoms with E-state index in [1.807, 2.05) is 48.5 Å². The first-order valence-corrected chi connectivity index (χ1v) is 9.96. The largest absolute Gasteiger partial charge is 0.313 e. The van der Waals surface area contributed by atoms with Crippen molar-refractivity contribution < 1.29 is 4.57 Å². The molecule has 1 nitrogen and oxygen atoms in total. The lowest BCUT2D eigenvalue weighted by Crippen LogP contribution is -2.23. The van der Waals surface area contributed by atoms with Gasteiger partial charge in [-0.15, -0.1) is 0 Å². The molecule has 0 spiro atoms. The maximum atomic E-state index is 14.0. The van der Waals surface area contributed by atoms with Crippen molar-refractivity contribution in [2.45, 2.75) is 6.16 Å². The Morgan fingerprint density at radius 1 is 0.783 bits per heavy atom. The second-order valence-corrected chi connectivity index (χ2v) is 9.36. The van der Waals surface area contributed by atoms with Gasteiger partial charge < -0.3 is 4.57 Å². The molecule has 114 valence electrons. The Balaban J connectivity index is 2.01. The molecule has 1 unspecified atom stereocenters. The zero-order valence-electron chi connectivity index (χ0n) is 12.2. The van der Waals surface area contributed by atoms with Gasteiger partial charge in [-0.05, 0) is 59.2 Å². The van der Waals surface area contributed by atoms with Crippen LogP contribution in [0.5, 0.6) is 0 Å². The van der Waals surface area contributed by atoms with Crippen LogP contribution in [0.4, 0.5) is 0 Å². The lowest BCUT2D eigenvalue weighted by atomic mass is 10.00. The van der Waals surface area contributed by atoms with Crippen molar-refractivity contribution in [2.75, 3.05) is 0 Å². The third-order valence-electron chi connectivity index (χ3n) is 4.29. The smallest absolute Gasteiger partial charge is 0.148 e. The number of hydrogen-bond donors (Lipinski definition) is 0. The van der Waals surface area contributed by atoms with Crippen LogP contribution >= 0.6 is 30.3 Å². The van der Waals surface area contributed by atoms with Gasteiger partial charge in [0.05, 0.1) is 0 Å². The fourth-order valence-corrected chi connectivity index (χ4v) is 6.40. The number of fused-ring (bicyclic) bond motifs is 3. The van der Waals surface area contributed by atoms with Gasteiger partial charge in [-0.3, -0.25) is 0 Å². The van der Waals surface area contributed by atoms with E-state index >= 15 is 0 Å². The third-order valence-corrected chi connectivity index (χ3v) is 7.87. The van der Waals surface area contributed by atoms with Crippen molar-refractivity contribution >= 4 is 41.0 Å². The van der Waals surface area contributed by atoms with Crippen LogP contribution in [0.25, 0.3) is 11.1 Å². The summed E-state index contributed by atoms with van der Waals surface area (Å²) in [5.74, 6) is 0. The van der Waals surface area contributed by atoms with Gasteiger partial charge in [-0.2, -0.15) is 0 Å². The second kappa shape index (κ2) is 5.53. The van der Waals surface area contributed by atoms with E-state index in [1.54, 1.807) is 12.1 Å². The Bertz CT molecular complexity index is 948. The molecule has 1 aliphatic heterocycles. The molecule has 1 aliphatic rings. The monoisotopic (exact) mass is 358 g/mol. The molecular weight excluding hydrogens is 346 g/mol. The van der Waals surface area contributed by atoms with Crippen LogP contribution in [-0.4, -0.2) is 0 Å². The van der Waals surface area contributed by atoms with Crippen molar-refractivity contribution in [3.8, 4) is 11.1 Å². The zero-order chi connectivity index (χ0) is 16.0. The molecule has 0 amide bonds. The third kappa shape index (κ3) is 2.44. The first kappa shape index (κ1) is 15.0. The maximum Gasteiger partial charge on any atom is 0.148 e. The molecule has 23 heavy (non-hydrogen) atoms. The minimum absolute atomic E-state index is 0.527. The molecule has 1 heterocycles. The van der Waals surface area contributed by atoms with E-state index in [9.17, 15) is 4.57 Å². The van der Waals surface area contributed by atoms with Gasteiger partial charge in [-0.25, -0.2) is 0 Å². The Morgan fingerprint density at radius 2 is 1.48 bits per heavy atom. The molecular formula is C19H13Cl2OP. The van der Waals surface area contributed by atoms with E-state index < -0.39 is 7.14 Å². The summed E-state index contributed by atoms with van der Waals surface area (Å²) in [5.41, 5.74) is 3.18. The molecule has 0 saturated carbocycles. The normalized spacial score (nSPS) is 19.0. The Labute approximate surface area is 145 Å². The van der Waals surface area contributed by atoms with Gasteiger partial charge >= 0.3 is 0 Å². The van der Waals surface area contributed by atoms with Crippen LogP contribution in [-0.2, 0) is 10.7 Å². The molecule has 4 heteroatoms. The predicted molar refractivity (Wildman–Crippen MR) is 98.9 cm³/mol. The summed E-state index contributed by atoms with van der Waals surface area (Å²) in [5, 5.41) is 3.01. The van der Waals surface area contributed by atoms with Crippen molar-refractivity contribution in [3.63, 3.8) is 0 Å². The van der Waals surface area contributed by atoms with E-state index in [4.69, 9.17) is 23.2 Å². The number of halogens is 2. The molecule has 0 radical (unpaired) electrons. The highest BCUT2D eigenvalue weighted by Gasteiger charge is 2.35. The van der Waals surface area contributed by atoms with Crippen molar-refractivity contribution in [3.05, 3.63) is 82.3 Å². The van der Waals surface area contributed by atoms with Gasteiger partial charge in [-0.1, -0.05) is 47.5 Å². The molecule has 3 aromatic carbocycles. The number of hydrogen-bond acceptors (Lipinski definition) is 1. The molecule has 0 aromatic heterocycles. The summed E-state index contributed by atoms with van der Waals surface area (Å²) in [4.78, 5) is 0. The first-order chi connectivity index (χ1) is 11.1. The van der Waals surface area contributed by atoms with Gasteiger partial charge in [0, 0.05) is 26.8 Å². The summed E-state index contributed by atoms with van der Waals surface area (Å²) in [6.07, 6.45) is 0.527. The molecule has 0 aliphatic carbocycles. The van der Waals surface area contributed by atoms with E-state index in [1.165, 1.54) is 0 Å². The highest BCUT2D eigenvalue weighted by molar-refractivity contribution is 7.78. The lowest BCUT2D eigenvalue weighted by molar-refractivity contribution is 0.586. The average Bonchev–Trinajstić information content (AvgIpc) is 2.55. The van der Waals surface area contributed by atoms with Crippen LogP contribution in [0.15, 0.2) is 66.7 Å². The van der Waals surface area contributed by atoms with Crippen LogP contribution in [0.1, 0.15) is 5.56 Å². The van der Waals surface area contributed by atoms with Crippen LogP contribution in [0.3, 0.4) is 0 Å². The van der Waals surface area contributed by atoms with Gasteiger partial charge in [0.25, 0.3) is 0 Å². The molecule has 1 atom stereocenters.